The summed E-state index contributed by atoms with van der Waals surface area (Å²) in [6, 6.07) is 0.367. The van der Waals surface area contributed by atoms with Crippen LogP contribution in [0.4, 0.5) is 0 Å². The van der Waals surface area contributed by atoms with Gasteiger partial charge >= 0.3 is 0 Å². The molecule has 0 spiro atoms. The zero-order valence-corrected chi connectivity index (χ0v) is 14.1. The van der Waals surface area contributed by atoms with Crippen LogP contribution in [-0.2, 0) is 11.3 Å². The van der Waals surface area contributed by atoms with Crippen LogP contribution in [0.15, 0.2) is 12.4 Å². The Morgan fingerprint density at radius 2 is 2.27 bits per heavy atom. The normalized spacial score (nSPS) is 23.7. The van der Waals surface area contributed by atoms with Crippen LogP contribution in [0.3, 0.4) is 0 Å². The van der Waals surface area contributed by atoms with Gasteiger partial charge in [0.15, 0.2) is 0 Å². The van der Waals surface area contributed by atoms with E-state index < -0.39 is 0 Å². The van der Waals surface area contributed by atoms with E-state index in [4.69, 9.17) is 0 Å². The zero-order valence-electron chi connectivity index (χ0n) is 13.3. The molecule has 1 aromatic heterocycles. The second-order valence-electron chi connectivity index (χ2n) is 6.21. The topological polar surface area (TPSA) is 50.2 Å². The standard InChI is InChI=1S/C16H26N4OS/c1-2-20-11-14(10-18-20)13-3-6-19(7-4-13)16(21)9-15-12-22-8-5-17-15/h10-11,13,15,17H,2-9,12H2,1H3. The molecule has 2 fully saturated rings. The summed E-state index contributed by atoms with van der Waals surface area (Å²) in [6.45, 7) is 5.84. The lowest BCUT2D eigenvalue weighted by Crippen LogP contribution is -2.44. The summed E-state index contributed by atoms with van der Waals surface area (Å²) < 4.78 is 1.99. The van der Waals surface area contributed by atoms with Gasteiger partial charge in [0.2, 0.25) is 5.91 Å². The fraction of sp³-hybridized carbons (Fsp3) is 0.750. The van der Waals surface area contributed by atoms with E-state index in [1.165, 1.54) is 11.3 Å². The Morgan fingerprint density at radius 1 is 1.45 bits per heavy atom. The number of aromatic nitrogens is 2. The number of carbonyl (C=O) groups excluding carboxylic acids is 1. The summed E-state index contributed by atoms with van der Waals surface area (Å²) in [7, 11) is 0. The van der Waals surface area contributed by atoms with Gasteiger partial charge in [0.05, 0.1) is 6.20 Å². The molecule has 2 aliphatic rings. The van der Waals surface area contributed by atoms with Gasteiger partial charge in [-0.25, -0.2) is 0 Å². The minimum Gasteiger partial charge on any atom is -0.343 e. The van der Waals surface area contributed by atoms with Crippen LogP contribution >= 0.6 is 11.8 Å². The van der Waals surface area contributed by atoms with E-state index in [0.717, 1.165) is 44.8 Å². The second kappa shape index (κ2) is 7.51. The number of nitrogens with zero attached hydrogens (tertiary/aromatic N) is 3. The van der Waals surface area contributed by atoms with Gasteiger partial charge in [0.25, 0.3) is 0 Å². The molecule has 5 nitrogen and oxygen atoms in total. The molecule has 1 N–H and O–H groups in total. The average molecular weight is 322 g/mol. The number of likely N-dealkylation sites (tertiary alicyclic amines) is 1. The maximum atomic E-state index is 12.4. The highest BCUT2D eigenvalue weighted by Crippen LogP contribution is 2.28. The highest BCUT2D eigenvalue weighted by molar-refractivity contribution is 7.99. The first-order valence-electron chi connectivity index (χ1n) is 8.37. The van der Waals surface area contributed by atoms with Crippen molar-refractivity contribution in [1.29, 1.82) is 0 Å². The van der Waals surface area contributed by atoms with Crippen LogP contribution in [0, 0.1) is 0 Å². The van der Waals surface area contributed by atoms with Crippen molar-refractivity contribution in [2.75, 3.05) is 31.1 Å². The molecule has 22 heavy (non-hydrogen) atoms. The number of nitrogens with one attached hydrogen (secondary N) is 1. The second-order valence-corrected chi connectivity index (χ2v) is 7.36. The maximum absolute atomic E-state index is 12.4. The molecule has 122 valence electrons. The van der Waals surface area contributed by atoms with Crippen molar-refractivity contribution in [3.63, 3.8) is 0 Å². The number of hydrogen-bond acceptors (Lipinski definition) is 4. The van der Waals surface area contributed by atoms with E-state index in [1.807, 2.05) is 22.6 Å². The molecular weight excluding hydrogens is 296 g/mol. The molecular formula is C16H26N4OS. The van der Waals surface area contributed by atoms with E-state index in [-0.39, 0.29) is 0 Å². The summed E-state index contributed by atoms with van der Waals surface area (Å²) in [4.78, 5) is 14.5. The van der Waals surface area contributed by atoms with Crippen LogP contribution < -0.4 is 5.32 Å². The van der Waals surface area contributed by atoms with Crippen molar-refractivity contribution in [1.82, 2.24) is 20.0 Å². The highest BCUT2D eigenvalue weighted by atomic mass is 32.2. The van der Waals surface area contributed by atoms with E-state index in [2.05, 4.69) is 28.4 Å². The van der Waals surface area contributed by atoms with E-state index in [1.54, 1.807) is 0 Å². The number of carbonyl (C=O) groups is 1. The summed E-state index contributed by atoms with van der Waals surface area (Å²) in [5, 5.41) is 7.82. The summed E-state index contributed by atoms with van der Waals surface area (Å²) in [5.74, 6) is 3.12. The first kappa shape index (κ1) is 15.9. The number of thioether (sulfide) groups is 1. The monoisotopic (exact) mass is 322 g/mol. The molecule has 0 bridgehead atoms. The van der Waals surface area contributed by atoms with E-state index >= 15 is 0 Å². The largest absolute Gasteiger partial charge is 0.343 e. The lowest BCUT2D eigenvalue weighted by atomic mass is 9.91. The molecule has 0 aliphatic carbocycles. The molecule has 0 radical (unpaired) electrons. The van der Waals surface area contributed by atoms with Crippen molar-refractivity contribution < 1.29 is 4.79 Å². The van der Waals surface area contributed by atoms with Gasteiger partial charge < -0.3 is 10.2 Å². The van der Waals surface area contributed by atoms with Crippen LogP contribution in [-0.4, -0.2) is 57.8 Å². The van der Waals surface area contributed by atoms with Crippen LogP contribution in [0.5, 0.6) is 0 Å². The number of amides is 1. The quantitative estimate of drug-likeness (QED) is 0.917. The van der Waals surface area contributed by atoms with E-state index in [9.17, 15) is 4.79 Å². The number of aryl methyl sites for hydroxylation is 1. The minimum atomic E-state index is 0.322. The third kappa shape index (κ3) is 3.84. The van der Waals surface area contributed by atoms with Crippen LogP contribution in [0.25, 0.3) is 0 Å². The first-order chi connectivity index (χ1) is 10.8. The lowest BCUT2D eigenvalue weighted by Gasteiger charge is -2.33. The Kier molecular flexibility index (Phi) is 5.41. The fourth-order valence-electron chi connectivity index (χ4n) is 3.32. The molecule has 1 unspecified atom stereocenters. The number of rotatable bonds is 4. The predicted octanol–water partition coefficient (Wildman–Crippen LogP) is 1.70. The van der Waals surface area contributed by atoms with Gasteiger partial charge in [0, 0.05) is 56.3 Å². The molecule has 0 saturated carbocycles. The van der Waals surface area contributed by atoms with Gasteiger partial charge in [-0.2, -0.15) is 16.9 Å². The molecule has 3 heterocycles. The molecule has 1 aromatic rings. The first-order valence-corrected chi connectivity index (χ1v) is 9.53. The third-order valence-electron chi connectivity index (χ3n) is 4.72. The van der Waals surface area contributed by atoms with Crippen LogP contribution in [0.2, 0.25) is 0 Å². The molecule has 1 amide bonds. The molecule has 0 aromatic carbocycles. The van der Waals surface area contributed by atoms with Gasteiger partial charge in [-0.15, -0.1) is 0 Å². The SMILES string of the molecule is CCn1cc(C2CCN(C(=O)CC3CSCCN3)CC2)cn1. The molecule has 2 saturated heterocycles. The zero-order chi connectivity index (χ0) is 15.4. The van der Waals surface area contributed by atoms with Gasteiger partial charge in [0.1, 0.15) is 0 Å². The Balaban J connectivity index is 1.47. The number of piperidine rings is 1. The average Bonchev–Trinajstić information content (AvgIpc) is 3.05. The maximum Gasteiger partial charge on any atom is 0.224 e. The summed E-state index contributed by atoms with van der Waals surface area (Å²) in [6.07, 6.45) is 6.94. The minimum absolute atomic E-state index is 0.322. The van der Waals surface area contributed by atoms with Crippen molar-refractivity contribution in [2.45, 2.75) is 44.7 Å². The third-order valence-corrected chi connectivity index (χ3v) is 5.85. The molecule has 2 aliphatic heterocycles. The van der Waals surface area contributed by atoms with Gasteiger partial charge in [-0.05, 0) is 31.2 Å². The highest BCUT2D eigenvalue weighted by Gasteiger charge is 2.26. The Bertz CT molecular complexity index is 490. The van der Waals surface area contributed by atoms with Crippen LogP contribution in [0.1, 0.15) is 37.7 Å². The van der Waals surface area contributed by atoms with Gasteiger partial charge in [-0.1, -0.05) is 0 Å². The number of hydrogen-bond donors (Lipinski definition) is 1. The van der Waals surface area contributed by atoms with E-state index in [0.29, 0.717) is 24.3 Å². The predicted molar refractivity (Wildman–Crippen MR) is 90.2 cm³/mol. The Hall–Kier alpha value is -1.01. The van der Waals surface area contributed by atoms with Gasteiger partial charge in [-0.3, -0.25) is 9.48 Å². The fourth-order valence-corrected chi connectivity index (χ4v) is 4.27. The summed E-state index contributed by atoms with van der Waals surface area (Å²) >= 11 is 1.95. The van der Waals surface area contributed by atoms with Crippen molar-refractivity contribution in [2.24, 2.45) is 0 Å². The van der Waals surface area contributed by atoms with Crippen molar-refractivity contribution in [3.05, 3.63) is 18.0 Å². The molecule has 6 heteroatoms. The lowest BCUT2D eigenvalue weighted by molar-refractivity contribution is -0.132. The Labute approximate surface area is 136 Å². The van der Waals surface area contributed by atoms with Crippen molar-refractivity contribution in [3.8, 4) is 0 Å². The smallest absolute Gasteiger partial charge is 0.224 e. The Morgan fingerprint density at radius 3 is 2.91 bits per heavy atom. The summed E-state index contributed by atoms with van der Waals surface area (Å²) in [5.41, 5.74) is 1.33. The molecule has 3 rings (SSSR count). The molecule has 1 atom stereocenters. The van der Waals surface area contributed by atoms with Crippen molar-refractivity contribution >= 4 is 17.7 Å².